The second-order valence-electron chi connectivity index (χ2n) is 7.84. The highest BCUT2D eigenvalue weighted by atomic mass is 16.5. The minimum absolute atomic E-state index is 0.153. The van der Waals surface area contributed by atoms with Gasteiger partial charge in [0.2, 0.25) is 0 Å². The van der Waals surface area contributed by atoms with Crippen LogP contribution in [-0.4, -0.2) is 36.1 Å². The molecule has 1 atom stereocenters. The van der Waals surface area contributed by atoms with Crippen LogP contribution >= 0.6 is 0 Å². The molecule has 1 heterocycles. The molecule has 1 fully saturated rings. The molecule has 28 heavy (non-hydrogen) atoms. The molecule has 1 saturated heterocycles. The van der Waals surface area contributed by atoms with E-state index >= 15 is 0 Å². The summed E-state index contributed by atoms with van der Waals surface area (Å²) in [6.45, 7) is 7.69. The molecule has 0 aromatic carbocycles. The Kier molecular flexibility index (Phi) is 31.2. The average molecular weight is 403 g/mol. The summed E-state index contributed by atoms with van der Waals surface area (Å²) in [5.74, 6) is 0. The van der Waals surface area contributed by atoms with Gasteiger partial charge in [0.25, 0.3) is 0 Å². The van der Waals surface area contributed by atoms with Crippen molar-refractivity contribution < 1.29 is 14.9 Å². The van der Waals surface area contributed by atoms with Crippen LogP contribution in [0.3, 0.4) is 0 Å². The van der Waals surface area contributed by atoms with Crippen molar-refractivity contribution in [2.45, 2.75) is 142 Å². The molecule has 3 nitrogen and oxygen atoms in total. The molecule has 0 aromatic rings. The molecule has 3 heteroatoms. The molecule has 1 aliphatic rings. The van der Waals surface area contributed by atoms with Crippen LogP contribution in [-0.2, 0) is 4.74 Å². The zero-order valence-electron chi connectivity index (χ0n) is 19.7. The van der Waals surface area contributed by atoms with Gasteiger partial charge in [0, 0.05) is 13.2 Å². The molecule has 0 spiro atoms. The zero-order valence-corrected chi connectivity index (χ0v) is 19.7. The van der Waals surface area contributed by atoms with Gasteiger partial charge in [-0.05, 0) is 19.3 Å². The van der Waals surface area contributed by atoms with Crippen molar-refractivity contribution in [3.63, 3.8) is 0 Å². The Labute approximate surface area is 177 Å². The van der Waals surface area contributed by atoms with Crippen LogP contribution in [0.2, 0.25) is 0 Å². The second-order valence-corrected chi connectivity index (χ2v) is 7.84. The summed E-state index contributed by atoms with van der Waals surface area (Å²) in [4.78, 5) is 0. The maximum absolute atomic E-state index is 8.67. The van der Waals surface area contributed by atoms with Crippen LogP contribution in [0.25, 0.3) is 0 Å². The number of hydrogen-bond acceptors (Lipinski definition) is 3. The van der Waals surface area contributed by atoms with Gasteiger partial charge < -0.3 is 14.9 Å². The molecule has 0 aromatic heterocycles. The lowest BCUT2D eigenvalue weighted by Crippen LogP contribution is -2.09. The fraction of sp³-hybridized carbons (Fsp3) is 1.00. The number of hydrogen-bond donors (Lipinski definition) is 2. The topological polar surface area (TPSA) is 49.7 Å². The largest absolute Gasteiger partial charge is 0.396 e. The van der Waals surface area contributed by atoms with E-state index in [0.717, 1.165) is 25.9 Å². The first-order valence-electron chi connectivity index (χ1n) is 12.7. The Balaban J connectivity index is 0. The van der Waals surface area contributed by atoms with E-state index in [1.165, 1.54) is 96.3 Å². The Morgan fingerprint density at radius 1 is 0.643 bits per heavy atom. The predicted molar refractivity (Wildman–Crippen MR) is 124 cm³/mol. The molecule has 0 aliphatic carbocycles. The van der Waals surface area contributed by atoms with Crippen molar-refractivity contribution >= 4 is 0 Å². The molecule has 0 bridgehead atoms. The molecule has 2 N–H and O–H groups in total. The van der Waals surface area contributed by atoms with E-state index in [1.807, 2.05) is 13.8 Å². The van der Waals surface area contributed by atoms with Gasteiger partial charge in [0.1, 0.15) is 0 Å². The van der Waals surface area contributed by atoms with Crippen LogP contribution in [0.1, 0.15) is 136 Å². The maximum Gasteiger partial charge on any atom is 0.0806 e. The standard InChI is InChI=1S/C18H38O.C5H10O2.C2H6/c1-2-3-4-5-6-7-8-9-10-11-12-13-14-15-16-17-18-19;6-4-5-2-1-3-7-5;1-2/h19H,2-18H2,1H3;5-6H,1-4H2;1-2H3. The minimum atomic E-state index is 0.153. The average Bonchev–Trinajstić information content (AvgIpc) is 3.27. The highest BCUT2D eigenvalue weighted by molar-refractivity contribution is 4.61. The van der Waals surface area contributed by atoms with E-state index in [2.05, 4.69) is 6.92 Å². The third kappa shape index (κ3) is 25.9. The summed E-state index contributed by atoms with van der Waals surface area (Å²) < 4.78 is 5.05. The van der Waals surface area contributed by atoms with E-state index in [1.54, 1.807) is 0 Å². The summed E-state index contributed by atoms with van der Waals surface area (Å²) >= 11 is 0. The van der Waals surface area contributed by atoms with Crippen LogP contribution < -0.4 is 0 Å². The first kappa shape index (κ1) is 30.1. The number of unbranched alkanes of at least 4 members (excludes halogenated alkanes) is 15. The summed E-state index contributed by atoms with van der Waals surface area (Å²) in [5.41, 5.74) is 0. The maximum atomic E-state index is 8.67. The van der Waals surface area contributed by atoms with Gasteiger partial charge >= 0.3 is 0 Å². The molecule has 0 amide bonds. The van der Waals surface area contributed by atoms with Crippen molar-refractivity contribution in [1.82, 2.24) is 0 Å². The number of aliphatic hydroxyl groups excluding tert-OH is 2. The molecule has 1 rings (SSSR count). The number of rotatable bonds is 17. The van der Waals surface area contributed by atoms with Gasteiger partial charge in [-0.3, -0.25) is 0 Å². The van der Waals surface area contributed by atoms with Crippen molar-refractivity contribution in [2.24, 2.45) is 0 Å². The Morgan fingerprint density at radius 3 is 1.29 bits per heavy atom. The van der Waals surface area contributed by atoms with E-state index < -0.39 is 0 Å². The van der Waals surface area contributed by atoms with Crippen molar-refractivity contribution in [2.75, 3.05) is 19.8 Å². The van der Waals surface area contributed by atoms with Gasteiger partial charge in [-0.2, -0.15) is 0 Å². The molecular formula is C25H54O3. The van der Waals surface area contributed by atoms with Gasteiger partial charge in [-0.15, -0.1) is 0 Å². The predicted octanol–water partition coefficient (Wildman–Crippen LogP) is 7.42. The lowest BCUT2D eigenvalue weighted by Gasteiger charge is -2.03. The lowest BCUT2D eigenvalue weighted by atomic mass is 10.0. The third-order valence-electron chi connectivity index (χ3n) is 5.24. The fourth-order valence-electron chi connectivity index (χ4n) is 3.45. The van der Waals surface area contributed by atoms with Crippen LogP contribution in [0.15, 0.2) is 0 Å². The molecule has 0 saturated carbocycles. The molecule has 0 radical (unpaired) electrons. The lowest BCUT2D eigenvalue weighted by molar-refractivity contribution is 0.0591. The van der Waals surface area contributed by atoms with Crippen LogP contribution in [0, 0.1) is 0 Å². The Hall–Kier alpha value is -0.120. The van der Waals surface area contributed by atoms with E-state index in [9.17, 15) is 0 Å². The third-order valence-corrected chi connectivity index (χ3v) is 5.24. The summed E-state index contributed by atoms with van der Waals surface area (Å²) in [6, 6.07) is 0. The normalized spacial score (nSPS) is 15.5. The van der Waals surface area contributed by atoms with Gasteiger partial charge in [0.05, 0.1) is 12.7 Å². The highest BCUT2D eigenvalue weighted by Crippen LogP contribution is 2.13. The van der Waals surface area contributed by atoms with E-state index in [4.69, 9.17) is 14.9 Å². The highest BCUT2D eigenvalue weighted by Gasteiger charge is 2.12. The molecular weight excluding hydrogens is 348 g/mol. The fourth-order valence-corrected chi connectivity index (χ4v) is 3.45. The minimum Gasteiger partial charge on any atom is -0.396 e. The van der Waals surface area contributed by atoms with Crippen LogP contribution in [0.4, 0.5) is 0 Å². The molecule has 1 aliphatic heterocycles. The second kappa shape index (κ2) is 29.1. The zero-order chi connectivity index (χ0) is 21.1. The van der Waals surface area contributed by atoms with Crippen molar-refractivity contribution in [1.29, 1.82) is 0 Å². The number of ether oxygens (including phenoxy) is 1. The van der Waals surface area contributed by atoms with Crippen molar-refractivity contribution in [3.8, 4) is 0 Å². The smallest absolute Gasteiger partial charge is 0.0806 e. The Bertz CT molecular complexity index is 224. The van der Waals surface area contributed by atoms with E-state index in [-0.39, 0.29) is 12.7 Å². The first-order chi connectivity index (χ1) is 13.8. The summed E-state index contributed by atoms with van der Waals surface area (Å²) in [5, 5.41) is 17.1. The van der Waals surface area contributed by atoms with Gasteiger partial charge in [0.15, 0.2) is 0 Å². The van der Waals surface area contributed by atoms with Crippen molar-refractivity contribution in [3.05, 3.63) is 0 Å². The summed E-state index contributed by atoms with van der Waals surface area (Å²) in [7, 11) is 0. The van der Waals surface area contributed by atoms with E-state index in [0.29, 0.717) is 6.61 Å². The number of aliphatic hydroxyl groups is 2. The monoisotopic (exact) mass is 402 g/mol. The first-order valence-corrected chi connectivity index (χ1v) is 12.7. The van der Waals surface area contributed by atoms with Gasteiger partial charge in [-0.25, -0.2) is 0 Å². The quantitative estimate of drug-likeness (QED) is 0.249. The SMILES string of the molecule is CC.CCCCCCCCCCCCCCCCCCO.OCC1CCCO1. The Morgan fingerprint density at radius 2 is 1.04 bits per heavy atom. The molecule has 1 unspecified atom stereocenters. The molecule has 172 valence electrons. The van der Waals surface area contributed by atoms with Gasteiger partial charge in [-0.1, -0.05) is 117 Å². The van der Waals surface area contributed by atoms with Crippen LogP contribution in [0.5, 0.6) is 0 Å². The summed E-state index contributed by atoms with van der Waals surface area (Å²) in [6.07, 6.45) is 24.5.